The second-order valence-corrected chi connectivity index (χ2v) is 5.69. The summed E-state index contributed by atoms with van der Waals surface area (Å²) in [6.07, 6.45) is 1.09. The molecule has 4 heteroatoms. The van der Waals surface area contributed by atoms with Gasteiger partial charge in [0.15, 0.2) is 0 Å². The molecule has 2 N–H and O–H groups in total. The van der Waals surface area contributed by atoms with Crippen LogP contribution in [0, 0.1) is 11.8 Å². The molecule has 1 saturated heterocycles. The van der Waals surface area contributed by atoms with Gasteiger partial charge in [0.1, 0.15) is 17.1 Å². The first-order chi connectivity index (χ1) is 8.91. The van der Waals surface area contributed by atoms with Gasteiger partial charge in [-0.2, -0.15) is 0 Å². The quantitative estimate of drug-likeness (QED) is 0.818. The van der Waals surface area contributed by atoms with Crippen molar-refractivity contribution in [1.82, 2.24) is 4.90 Å². The number of rotatable bonds is 1. The molecule has 19 heavy (non-hydrogen) atoms. The van der Waals surface area contributed by atoms with Crippen LogP contribution < -0.4 is 0 Å². The van der Waals surface area contributed by atoms with Crippen LogP contribution in [0.25, 0.3) is 0 Å². The molecule has 1 aliphatic rings. The Balaban J connectivity index is 2.33. The van der Waals surface area contributed by atoms with Crippen LogP contribution in [0.5, 0.6) is 11.5 Å². The summed E-state index contributed by atoms with van der Waals surface area (Å²) < 4.78 is 0. The van der Waals surface area contributed by atoms with Gasteiger partial charge >= 0.3 is 0 Å². The molecule has 1 amide bonds. The fourth-order valence-corrected chi connectivity index (χ4v) is 2.87. The molecule has 0 bridgehead atoms. The molecular weight excluding hydrogens is 242 g/mol. The number of carbonyl (C=O) groups excluding carboxylic acids is 1. The van der Waals surface area contributed by atoms with E-state index >= 15 is 0 Å². The molecule has 2 rings (SSSR count). The molecule has 1 aromatic rings. The molecule has 0 aliphatic carbocycles. The molecule has 0 saturated carbocycles. The molecule has 1 aromatic carbocycles. The number of hydrogen-bond acceptors (Lipinski definition) is 3. The third-order valence-corrected chi connectivity index (χ3v) is 4.09. The summed E-state index contributed by atoms with van der Waals surface area (Å²) in [5.41, 5.74) is 0.00986. The van der Waals surface area contributed by atoms with E-state index in [0.717, 1.165) is 6.42 Å². The molecule has 3 atom stereocenters. The van der Waals surface area contributed by atoms with Crippen molar-refractivity contribution in [1.29, 1.82) is 0 Å². The summed E-state index contributed by atoms with van der Waals surface area (Å²) in [5.74, 6) is 0.233. The Morgan fingerprint density at radius 1 is 1.21 bits per heavy atom. The Morgan fingerprint density at radius 3 is 2.37 bits per heavy atom. The molecular formula is C15H21NO3. The Bertz CT molecular complexity index is 466. The average molecular weight is 263 g/mol. The number of hydrogen-bond donors (Lipinski definition) is 2. The second kappa shape index (κ2) is 5.11. The molecule has 4 nitrogen and oxygen atoms in total. The van der Waals surface area contributed by atoms with Crippen LogP contribution in [-0.4, -0.2) is 33.6 Å². The lowest BCUT2D eigenvalue weighted by Gasteiger charge is -2.41. The number of phenolic OH excluding ortho intramolecular Hbond substituents is 2. The zero-order chi connectivity index (χ0) is 14.2. The largest absolute Gasteiger partial charge is 0.507 e. The maximum absolute atomic E-state index is 12.5. The van der Waals surface area contributed by atoms with Crippen molar-refractivity contribution in [2.24, 2.45) is 11.8 Å². The molecule has 1 aliphatic heterocycles. The summed E-state index contributed by atoms with van der Waals surface area (Å²) in [6, 6.07) is 4.48. The minimum atomic E-state index is -0.290. The zero-order valence-electron chi connectivity index (χ0n) is 11.6. The van der Waals surface area contributed by atoms with E-state index in [4.69, 9.17) is 0 Å². The van der Waals surface area contributed by atoms with Gasteiger partial charge in [0.05, 0.1) is 0 Å². The maximum atomic E-state index is 12.5. The number of aromatic hydroxyl groups is 2. The lowest BCUT2D eigenvalue weighted by molar-refractivity contribution is 0.0450. The maximum Gasteiger partial charge on any atom is 0.261 e. The van der Waals surface area contributed by atoms with Gasteiger partial charge in [0.25, 0.3) is 5.91 Å². The average Bonchev–Trinajstić information content (AvgIpc) is 2.33. The van der Waals surface area contributed by atoms with Gasteiger partial charge in [-0.3, -0.25) is 4.79 Å². The Kier molecular flexibility index (Phi) is 3.69. The van der Waals surface area contributed by atoms with E-state index in [2.05, 4.69) is 13.8 Å². The van der Waals surface area contributed by atoms with Crippen molar-refractivity contribution in [2.75, 3.05) is 6.54 Å². The first-order valence-electron chi connectivity index (χ1n) is 6.73. The van der Waals surface area contributed by atoms with Gasteiger partial charge in [-0.1, -0.05) is 19.9 Å². The minimum Gasteiger partial charge on any atom is -0.507 e. The normalized spacial score (nSPS) is 27.3. The number of benzene rings is 1. The van der Waals surface area contributed by atoms with E-state index < -0.39 is 0 Å². The van der Waals surface area contributed by atoms with Crippen LogP contribution in [0.3, 0.4) is 0 Å². The molecule has 3 unspecified atom stereocenters. The Morgan fingerprint density at radius 2 is 1.79 bits per heavy atom. The van der Waals surface area contributed by atoms with Gasteiger partial charge in [0, 0.05) is 12.6 Å². The SMILES string of the molecule is CC1CC(C)C(C)N(C(=O)c2c(O)cccc2O)C1. The van der Waals surface area contributed by atoms with Crippen LogP contribution in [-0.2, 0) is 0 Å². The van der Waals surface area contributed by atoms with Crippen molar-refractivity contribution in [3.05, 3.63) is 23.8 Å². The highest BCUT2D eigenvalue weighted by molar-refractivity contribution is 5.99. The molecule has 1 fully saturated rings. The second-order valence-electron chi connectivity index (χ2n) is 5.69. The number of nitrogens with zero attached hydrogens (tertiary/aromatic N) is 1. The van der Waals surface area contributed by atoms with Crippen LogP contribution in [0.2, 0.25) is 0 Å². The molecule has 104 valence electrons. The van der Waals surface area contributed by atoms with Gasteiger partial charge in [0.2, 0.25) is 0 Å². The van der Waals surface area contributed by atoms with Crippen LogP contribution in [0.4, 0.5) is 0 Å². The first-order valence-corrected chi connectivity index (χ1v) is 6.73. The van der Waals surface area contributed by atoms with Crippen molar-refractivity contribution in [3.63, 3.8) is 0 Å². The summed E-state index contributed by atoms with van der Waals surface area (Å²) in [5, 5.41) is 19.6. The first kappa shape index (κ1) is 13.7. The predicted molar refractivity (Wildman–Crippen MR) is 73.2 cm³/mol. The van der Waals surface area contributed by atoms with Crippen LogP contribution >= 0.6 is 0 Å². The predicted octanol–water partition coefficient (Wildman–Crippen LogP) is 2.60. The monoisotopic (exact) mass is 263 g/mol. The zero-order valence-corrected chi connectivity index (χ0v) is 11.6. The number of likely N-dealkylation sites (tertiary alicyclic amines) is 1. The Labute approximate surface area is 113 Å². The minimum absolute atomic E-state index is 0.00986. The van der Waals surface area contributed by atoms with Crippen LogP contribution in [0.15, 0.2) is 18.2 Å². The fraction of sp³-hybridized carbons (Fsp3) is 0.533. The highest BCUT2D eigenvalue weighted by atomic mass is 16.3. The summed E-state index contributed by atoms with van der Waals surface area (Å²) in [4.78, 5) is 14.3. The lowest BCUT2D eigenvalue weighted by atomic mass is 9.85. The van der Waals surface area contributed by atoms with Gasteiger partial charge in [-0.15, -0.1) is 0 Å². The van der Waals surface area contributed by atoms with Crippen molar-refractivity contribution < 1.29 is 15.0 Å². The summed E-state index contributed by atoms with van der Waals surface area (Å²) >= 11 is 0. The summed E-state index contributed by atoms with van der Waals surface area (Å²) in [6.45, 7) is 6.93. The van der Waals surface area contributed by atoms with Crippen molar-refractivity contribution in [3.8, 4) is 11.5 Å². The number of carbonyl (C=O) groups is 1. The smallest absolute Gasteiger partial charge is 0.261 e. The standard InChI is InChI=1S/C15H21NO3/c1-9-7-10(2)11(3)16(8-9)15(19)14-12(17)5-4-6-13(14)18/h4-6,9-11,17-18H,7-8H2,1-3H3. The Hall–Kier alpha value is -1.71. The van der Waals surface area contributed by atoms with Crippen molar-refractivity contribution >= 4 is 5.91 Å². The topological polar surface area (TPSA) is 60.8 Å². The van der Waals surface area contributed by atoms with Gasteiger partial charge < -0.3 is 15.1 Å². The van der Waals surface area contributed by atoms with E-state index in [0.29, 0.717) is 18.4 Å². The third kappa shape index (κ3) is 2.53. The number of amides is 1. The number of phenols is 2. The molecule has 0 aromatic heterocycles. The molecule has 0 radical (unpaired) electrons. The van der Waals surface area contributed by atoms with E-state index in [1.54, 1.807) is 4.90 Å². The van der Waals surface area contributed by atoms with Crippen molar-refractivity contribution in [2.45, 2.75) is 33.2 Å². The van der Waals surface area contributed by atoms with Gasteiger partial charge in [-0.25, -0.2) is 0 Å². The highest BCUT2D eigenvalue weighted by Crippen LogP contribution is 2.33. The van der Waals surface area contributed by atoms with Gasteiger partial charge in [-0.05, 0) is 37.3 Å². The molecule has 1 heterocycles. The highest BCUT2D eigenvalue weighted by Gasteiger charge is 2.34. The van der Waals surface area contributed by atoms with E-state index in [1.807, 2.05) is 6.92 Å². The fourth-order valence-electron chi connectivity index (χ4n) is 2.87. The van der Waals surface area contributed by atoms with E-state index in [9.17, 15) is 15.0 Å². The van der Waals surface area contributed by atoms with Crippen LogP contribution in [0.1, 0.15) is 37.6 Å². The lowest BCUT2D eigenvalue weighted by Crippen LogP contribution is -2.48. The number of piperidine rings is 1. The third-order valence-electron chi connectivity index (χ3n) is 4.09. The van der Waals surface area contributed by atoms with E-state index in [1.165, 1.54) is 18.2 Å². The summed E-state index contributed by atoms with van der Waals surface area (Å²) in [7, 11) is 0. The van der Waals surface area contributed by atoms with E-state index in [-0.39, 0.29) is 29.0 Å². The molecule has 0 spiro atoms.